The summed E-state index contributed by atoms with van der Waals surface area (Å²) in [4.78, 5) is 0. The highest BCUT2D eigenvalue weighted by atomic mass is 31.1. The molecule has 0 bridgehead atoms. The minimum Gasteiger partial charge on any atom is -0.497 e. The summed E-state index contributed by atoms with van der Waals surface area (Å²) in [5.41, 5.74) is 3.62. The Bertz CT molecular complexity index is 1020. The largest absolute Gasteiger partial charge is 0.497 e. The van der Waals surface area contributed by atoms with Gasteiger partial charge in [0, 0.05) is 23.3 Å². The summed E-state index contributed by atoms with van der Waals surface area (Å²) in [5.74, 6) is 2.30. The molecule has 0 heterocycles. The fourth-order valence-electron chi connectivity index (χ4n) is 4.20. The minimum atomic E-state index is -0.0995. The van der Waals surface area contributed by atoms with Crippen LogP contribution in [0.15, 0.2) is 66.7 Å². The highest BCUT2D eigenvalue weighted by Gasteiger charge is 2.35. The Kier molecular flexibility index (Phi) is 9.17. The number of nitrogens with one attached hydrogen (secondary N) is 1. The van der Waals surface area contributed by atoms with Gasteiger partial charge < -0.3 is 19.5 Å². The minimum absolute atomic E-state index is 0.0995. The van der Waals surface area contributed by atoms with Crippen LogP contribution >= 0.6 is 8.58 Å². The van der Waals surface area contributed by atoms with Gasteiger partial charge in [-0.3, -0.25) is 0 Å². The molecule has 0 fully saturated rings. The number of benzene rings is 3. The molecule has 0 radical (unpaired) electrons. The Labute approximate surface area is 200 Å². The summed E-state index contributed by atoms with van der Waals surface area (Å²) < 4.78 is 18.0. The van der Waals surface area contributed by atoms with Crippen molar-refractivity contribution < 1.29 is 14.2 Å². The number of hydrogen-bond donors (Lipinski definition) is 1. The van der Waals surface area contributed by atoms with E-state index < -0.39 is 0 Å². The summed E-state index contributed by atoms with van der Waals surface area (Å²) in [6.07, 6.45) is 1.96. The average Bonchev–Trinajstić information content (AvgIpc) is 2.87. The monoisotopic (exact) mass is 465 g/mol. The van der Waals surface area contributed by atoms with E-state index in [0.717, 1.165) is 42.0 Å². The van der Waals surface area contributed by atoms with Gasteiger partial charge in [-0.2, -0.15) is 0 Å². The molecule has 1 unspecified atom stereocenters. The van der Waals surface area contributed by atoms with E-state index in [2.05, 4.69) is 61.6 Å². The Hall–Kier alpha value is -2.55. The molecular formula is C28H36NO3P. The second-order valence-corrected chi connectivity index (χ2v) is 9.83. The fraction of sp³-hybridized carbons (Fsp3) is 0.357. The topological polar surface area (TPSA) is 39.7 Å². The van der Waals surface area contributed by atoms with E-state index in [9.17, 15) is 0 Å². The molecule has 1 N–H and O–H groups in total. The van der Waals surface area contributed by atoms with E-state index in [1.165, 1.54) is 10.9 Å². The molecule has 0 aliphatic heterocycles. The third kappa shape index (κ3) is 5.88. The first-order chi connectivity index (χ1) is 16.1. The molecule has 3 aromatic rings. The van der Waals surface area contributed by atoms with E-state index in [1.54, 1.807) is 14.2 Å². The van der Waals surface area contributed by atoms with Crippen molar-refractivity contribution in [1.82, 2.24) is 5.32 Å². The molecule has 33 heavy (non-hydrogen) atoms. The van der Waals surface area contributed by atoms with Gasteiger partial charge in [-0.15, -0.1) is 0 Å². The highest BCUT2D eigenvalue weighted by Crippen LogP contribution is 2.53. The van der Waals surface area contributed by atoms with Crippen molar-refractivity contribution in [2.45, 2.75) is 45.0 Å². The van der Waals surface area contributed by atoms with Gasteiger partial charge in [-0.1, -0.05) is 77.0 Å². The Morgan fingerprint density at radius 2 is 1.58 bits per heavy atom. The molecule has 0 spiro atoms. The molecule has 0 saturated heterocycles. The Morgan fingerprint density at radius 1 is 0.879 bits per heavy atom. The molecule has 5 heteroatoms. The van der Waals surface area contributed by atoms with Crippen LogP contribution < -0.4 is 24.8 Å². The number of hydrogen-bond acceptors (Lipinski definition) is 4. The summed E-state index contributed by atoms with van der Waals surface area (Å²) in [5, 5.41) is 4.59. The van der Waals surface area contributed by atoms with E-state index in [1.807, 2.05) is 31.3 Å². The van der Waals surface area contributed by atoms with Gasteiger partial charge in [-0.25, -0.2) is 0 Å². The third-order valence-electron chi connectivity index (χ3n) is 6.19. The maximum absolute atomic E-state index is 6.48. The lowest BCUT2D eigenvalue weighted by molar-refractivity contribution is 0.275. The van der Waals surface area contributed by atoms with Crippen molar-refractivity contribution >= 4 is 13.9 Å². The maximum Gasteiger partial charge on any atom is 0.166 e. The zero-order valence-corrected chi connectivity index (χ0v) is 21.4. The van der Waals surface area contributed by atoms with Crippen LogP contribution in [0, 0.1) is 0 Å². The number of ether oxygens (including phenoxy) is 3. The van der Waals surface area contributed by atoms with E-state index in [4.69, 9.17) is 14.2 Å². The van der Waals surface area contributed by atoms with Gasteiger partial charge in [0.25, 0.3) is 0 Å². The van der Waals surface area contributed by atoms with Gasteiger partial charge in [0.1, 0.15) is 12.4 Å². The predicted molar refractivity (Wildman–Crippen MR) is 140 cm³/mol. The SMILES string of the molecule is CCC(CC)(Pc1ccccc1CNC)c1cc(OC)cc(OC)c1OCc1ccccc1. The van der Waals surface area contributed by atoms with Gasteiger partial charge in [0.2, 0.25) is 0 Å². The van der Waals surface area contributed by atoms with Crippen LogP contribution in [0.2, 0.25) is 0 Å². The maximum atomic E-state index is 6.48. The summed E-state index contributed by atoms with van der Waals surface area (Å²) in [6, 6.07) is 23.0. The molecule has 0 aliphatic carbocycles. The normalized spacial score (nSPS) is 11.7. The van der Waals surface area contributed by atoms with Gasteiger partial charge in [0.15, 0.2) is 11.5 Å². The molecule has 1 atom stereocenters. The highest BCUT2D eigenvalue weighted by molar-refractivity contribution is 7.48. The van der Waals surface area contributed by atoms with Crippen molar-refractivity contribution in [2.75, 3.05) is 21.3 Å². The summed E-state index contributed by atoms with van der Waals surface area (Å²) in [6.45, 7) is 5.87. The standard InChI is InChI=1S/C28H36NO3P/c1-6-28(7-2,33-26-16-12-11-15-22(26)19-29-3)24-17-23(30-4)18-25(31-5)27(24)32-20-21-13-9-8-10-14-21/h8-18,29,33H,6-7,19-20H2,1-5H3. The van der Waals surface area contributed by atoms with Crippen LogP contribution in [0.5, 0.6) is 17.2 Å². The number of methoxy groups -OCH3 is 2. The van der Waals surface area contributed by atoms with Gasteiger partial charge >= 0.3 is 0 Å². The molecule has 176 valence electrons. The fourth-order valence-corrected chi connectivity index (χ4v) is 5.90. The van der Waals surface area contributed by atoms with Gasteiger partial charge in [0.05, 0.1) is 14.2 Å². The van der Waals surface area contributed by atoms with Crippen molar-refractivity contribution in [3.05, 3.63) is 83.4 Å². The first-order valence-corrected chi connectivity index (χ1v) is 12.5. The molecule has 0 amide bonds. The van der Waals surface area contributed by atoms with E-state index in [0.29, 0.717) is 20.9 Å². The van der Waals surface area contributed by atoms with Crippen LogP contribution in [-0.2, 0) is 18.3 Å². The first-order valence-electron chi connectivity index (χ1n) is 11.5. The second kappa shape index (κ2) is 12.1. The van der Waals surface area contributed by atoms with Crippen LogP contribution in [-0.4, -0.2) is 21.3 Å². The lowest BCUT2D eigenvalue weighted by atomic mass is 9.91. The van der Waals surface area contributed by atoms with Crippen LogP contribution in [0.1, 0.15) is 43.4 Å². The molecule has 0 saturated carbocycles. The predicted octanol–water partition coefficient (Wildman–Crippen LogP) is 6.02. The number of rotatable bonds is 12. The smallest absolute Gasteiger partial charge is 0.166 e. The van der Waals surface area contributed by atoms with Gasteiger partial charge in [-0.05, 0) is 42.4 Å². The van der Waals surface area contributed by atoms with Crippen molar-refractivity contribution in [1.29, 1.82) is 0 Å². The quantitative estimate of drug-likeness (QED) is 0.332. The van der Waals surface area contributed by atoms with Crippen molar-refractivity contribution in [3.8, 4) is 17.2 Å². The van der Waals surface area contributed by atoms with Crippen molar-refractivity contribution in [2.24, 2.45) is 0 Å². The third-order valence-corrected chi connectivity index (χ3v) is 8.40. The van der Waals surface area contributed by atoms with Crippen LogP contribution in [0.3, 0.4) is 0 Å². The van der Waals surface area contributed by atoms with Crippen LogP contribution in [0.25, 0.3) is 0 Å². The summed E-state index contributed by atoms with van der Waals surface area (Å²) >= 11 is 0. The average molecular weight is 466 g/mol. The molecule has 0 aliphatic rings. The Morgan fingerprint density at radius 3 is 2.21 bits per heavy atom. The zero-order chi connectivity index (χ0) is 23.7. The lowest BCUT2D eigenvalue weighted by Gasteiger charge is -2.35. The summed E-state index contributed by atoms with van der Waals surface area (Å²) in [7, 11) is 5.97. The lowest BCUT2D eigenvalue weighted by Crippen LogP contribution is -2.25. The van der Waals surface area contributed by atoms with E-state index in [-0.39, 0.29) is 5.16 Å². The zero-order valence-electron chi connectivity index (χ0n) is 20.4. The van der Waals surface area contributed by atoms with E-state index >= 15 is 0 Å². The molecule has 0 aromatic heterocycles. The molecule has 3 aromatic carbocycles. The molecule has 4 nitrogen and oxygen atoms in total. The second-order valence-electron chi connectivity index (χ2n) is 8.08. The van der Waals surface area contributed by atoms with Crippen molar-refractivity contribution in [3.63, 3.8) is 0 Å². The molecule has 3 rings (SSSR count). The Balaban J connectivity index is 2.10. The first kappa shape index (κ1) is 25.1. The molecular weight excluding hydrogens is 429 g/mol. The van der Waals surface area contributed by atoms with Crippen LogP contribution in [0.4, 0.5) is 0 Å².